The predicted octanol–water partition coefficient (Wildman–Crippen LogP) is 6.34. The Kier molecular flexibility index (Phi) is 6.19. The molecule has 1 amide bonds. The van der Waals surface area contributed by atoms with E-state index in [2.05, 4.69) is 5.32 Å². The molecule has 0 unspecified atom stereocenters. The van der Waals surface area contributed by atoms with Gasteiger partial charge in [-0.1, -0.05) is 18.0 Å². The fourth-order valence-corrected chi connectivity index (χ4v) is 3.64. The predicted molar refractivity (Wildman–Crippen MR) is 116 cm³/mol. The van der Waals surface area contributed by atoms with Crippen LogP contribution < -0.4 is 5.32 Å². The molecular formula is C24H22ClNO4. The van der Waals surface area contributed by atoms with Crippen LogP contribution in [0.2, 0.25) is 5.02 Å². The topological polar surface area (TPSA) is 68.5 Å². The van der Waals surface area contributed by atoms with Crippen molar-refractivity contribution in [2.24, 2.45) is 0 Å². The molecule has 1 heterocycles. The molecule has 154 valence electrons. The number of benzene rings is 2. The van der Waals surface area contributed by atoms with Crippen molar-refractivity contribution in [3.05, 3.63) is 77.0 Å². The van der Waals surface area contributed by atoms with Crippen LogP contribution in [-0.2, 0) is 4.74 Å². The van der Waals surface area contributed by atoms with Crippen LogP contribution in [-0.4, -0.2) is 18.0 Å². The van der Waals surface area contributed by atoms with E-state index in [-0.39, 0.29) is 23.7 Å². The number of anilines is 1. The van der Waals surface area contributed by atoms with E-state index < -0.39 is 0 Å². The van der Waals surface area contributed by atoms with Crippen molar-refractivity contribution < 1.29 is 18.7 Å². The number of hydrogen-bond acceptors (Lipinski definition) is 4. The number of carbonyl (C=O) groups excluding carboxylic acids is 2. The highest BCUT2D eigenvalue weighted by Gasteiger charge is 2.19. The van der Waals surface area contributed by atoms with Crippen LogP contribution in [0.4, 0.5) is 5.69 Å². The van der Waals surface area contributed by atoms with Crippen molar-refractivity contribution in [2.75, 3.05) is 5.32 Å². The number of esters is 1. The standard InChI is InChI=1S/C24H22ClNO4/c25-18-10-6-16(7-11-18)21-14-15-22(30-21)23(27)26-19-12-8-17(9-13-19)24(28)29-20-4-2-1-3-5-20/h6-15,20H,1-5H2,(H,26,27). The Hall–Kier alpha value is -3.05. The van der Waals surface area contributed by atoms with Gasteiger partial charge in [0, 0.05) is 16.3 Å². The number of carbonyl (C=O) groups is 2. The summed E-state index contributed by atoms with van der Waals surface area (Å²) in [4.78, 5) is 24.8. The number of nitrogens with one attached hydrogen (secondary N) is 1. The van der Waals surface area contributed by atoms with Crippen LogP contribution in [0.3, 0.4) is 0 Å². The molecule has 0 bridgehead atoms. The van der Waals surface area contributed by atoms with Gasteiger partial charge in [-0.15, -0.1) is 0 Å². The van der Waals surface area contributed by atoms with Crippen molar-refractivity contribution in [1.29, 1.82) is 0 Å². The summed E-state index contributed by atoms with van der Waals surface area (Å²) in [5.41, 5.74) is 1.87. The van der Waals surface area contributed by atoms with Crippen LogP contribution in [0, 0.1) is 0 Å². The molecule has 2 aromatic carbocycles. The summed E-state index contributed by atoms with van der Waals surface area (Å²) in [6, 6.07) is 17.2. The van der Waals surface area contributed by atoms with E-state index in [9.17, 15) is 9.59 Å². The first kappa shape index (κ1) is 20.2. The number of rotatable bonds is 5. The largest absolute Gasteiger partial charge is 0.459 e. The van der Waals surface area contributed by atoms with E-state index in [0.717, 1.165) is 31.2 Å². The molecular weight excluding hydrogens is 402 g/mol. The molecule has 30 heavy (non-hydrogen) atoms. The Labute approximate surface area is 180 Å². The number of halogens is 1. The Balaban J connectivity index is 1.36. The van der Waals surface area contributed by atoms with Crippen molar-refractivity contribution >= 4 is 29.2 Å². The summed E-state index contributed by atoms with van der Waals surface area (Å²) in [5, 5.41) is 3.41. The third kappa shape index (κ3) is 4.92. The smallest absolute Gasteiger partial charge is 0.338 e. The highest BCUT2D eigenvalue weighted by Crippen LogP contribution is 2.25. The van der Waals surface area contributed by atoms with Crippen LogP contribution in [0.5, 0.6) is 0 Å². The van der Waals surface area contributed by atoms with E-state index >= 15 is 0 Å². The lowest BCUT2D eigenvalue weighted by atomic mass is 9.98. The molecule has 0 aliphatic heterocycles. The molecule has 0 radical (unpaired) electrons. The Bertz CT molecular complexity index is 1020. The molecule has 1 fully saturated rings. The second kappa shape index (κ2) is 9.18. The second-order valence-corrected chi connectivity index (χ2v) is 7.80. The first-order chi connectivity index (χ1) is 14.6. The zero-order valence-electron chi connectivity index (χ0n) is 16.4. The first-order valence-electron chi connectivity index (χ1n) is 10.1. The van der Waals surface area contributed by atoms with E-state index in [4.69, 9.17) is 20.8 Å². The normalized spacial score (nSPS) is 14.3. The minimum Gasteiger partial charge on any atom is -0.459 e. The maximum atomic E-state index is 12.5. The van der Waals surface area contributed by atoms with Gasteiger partial charge in [-0.25, -0.2) is 4.79 Å². The van der Waals surface area contributed by atoms with Gasteiger partial charge in [-0.3, -0.25) is 4.79 Å². The monoisotopic (exact) mass is 423 g/mol. The average molecular weight is 424 g/mol. The first-order valence-corrected chi connectivity index (χ1v) is 10.4. The lowest BCUT2D eigenvalue weighted by Gasteiger charge is -2.21. The lowest BCUT2D eigenvalue weighted by Crippen LogP contribution is -2.20. The number of ether oxygens (including phenoxy) is 1. The fourth-order valence-electron chi connectivity index (χ4n) is 3.51. The highest BCUT2D eigenvalue weighted by molar-refractivity contribution is 6.30. The molecule has 6 heteroatoms. The lowest BCUT2D eigenvalue weighted by molar-refractivity contribution is 0.0211. The number of amides is 1. The molecule has 4 rings (SSSR count). The third-order valence-corrected chi connectivity index (χ3v) is 5.41. The van der Waals surface area contributed by atoms with Crippen molar-refractivity contribution in [1.82, 2.24) is 0 Å². The molecule has 3 aromatic rings. The summed E-state index contributed by atoms with van der Waals surface area (Å²) in [5.74, 6) is 0.0875. The SMILES string of the molecule is O=C(OC1CCCCC1)c1ccc(NC(=O)c2ccc(-c3ccc(Cl)cc3)o2)cc1. The summed E-state index contributed by atoms with van der Waals surface area (Å²) >= 11 is 5.90. The molecule has 1 aromatic heterocycles. The minimum absolute atomic E-state index is 0.0133. The summed E-state index contributed by atoms with van der Waals surface area (Å²) in [7, 11) is 0. The molecule has 0 spiro atoms. The molecule has 1 aliphatic rings. The maximum Gasteiger partial charge on any atom is 0.338 e. The zero-order chi connectivity index (χ0) is 20.9. The van der Waals surface area contributed by atoms with Crippen LogP contribution in [0.1, 0.15) is 53.0 Å². The van der Waals surface area contributed by atoms with Crippen molar-refractivity contribution in [3.8, 4) is 11.3 Å². The third-order valence-electron chi connectivity index (χ3n) is 5.16. The second-order valence-electron chi connectivity index (χ2n) is 7.37. The van der Waals surface area contributed by atoms with Crippen LogP contribution in [0.25, 0.3) is 11.3 Å². The zero-order valence-corrected chi connectivity index (χ0v) is 17.2. The Morgan fingerprint density at radius 3 is 2.30 bits per heavy atom. The van der Waals surface area contributed by atoms with Gasteiger partial charge < -0.3 is 14.5 Å². The summed E-state index contributed by atoms with van der Waals surface area (Å²) in [6.07, 6.45) is 5.30. The molecule has 0 saturated heterocycles. The molecule has 0 atom stereocenters. The van der Waals surface area contributed by atoms with E-state index in [1.807, 2.05) is 12.1 Å². The highest BCUT2D eigenvalue weighted by atomic mass is 35.5. The van der Waals surface area contributed by atoms with Gasteiger partial charge in [0.05, 0.1) is 5.56 Å². The molecule has 1 saturated carbocycles. The summed E-state index contributed by atoms with van der Waals surface area (Å²) in [6.45, 7) is 0. The Morgan fingerprint density at radius 1 is 0.900 bits per heavy atom. The van der Waals surface area contributed by atoms with Crippen LogP contribution in [0.15, 0.2) is 65.1 Å². The average Bonchev–Trinajstić information content (AvgIpc) is 3.26. The van der Waals surface area contributed by atoms with E-state index in [0.29, 0.717) is 22.0 Å². The number of furan rings is 1. The fraction of sp³-hybridized carbons (Fsp3) is 0.250. The molecule has 1 aliphatic carbocycles. The van der Waals surface area contributed by atoms with Gasteiger partial charge in [0.2, 0.25) is 0 Å². The van der Waals surface area contributed by atoms with Crippen LogP contribution >= 0.6 is 11.6 Å². The molecule has 1 N–H and O–H groups in total. The number of hydrogen-bond donors (Lipinski definition) is 1. The van der Waals surface area contributed by atoms with Gasteiger partial charge in [0.1, 0.15) is 11.9 Å². The van der Waals surface area contributed by atoms with Crippen molar-refractivity contribution in [2.45, 2.75) is 38.2 Å². The Morgan fingerprint density at radius 2 is 1.60 bits per heavy atom. The van der Waals surface area contributed by atoms with E-state index in [1.165, 1.54) is 6.42 Å². The molecule has 5 nitrogen and oxygen atoms in total. The maximum absolute atomic E-state index is 12.5. The van der Waals surface area contributed by atoms with Gasteiger partial charge in [-0.2, -0.15) is 0 Å². The quantitative estimate of drug-likeness (QED) is 0.486. The van der Waals surface area contributed by atoms with Gasteiger partial charge in [-0.05, 0) is 86.3 Å². The van der Waals surface area contributed by atoms with Crippen molar-refractivity contribution in [3.63, 3.8) is 0 Å². The van der Waals surface area contributed by atoms with E-state index in [1.54, 1.807) is 48.5 Å². The van der Waals surface area contributed by atoms with Gasteiger partial charge in [0.25, 0.3) is 5.91 Å². The summed E-state index contributed by atoms with van der Waals surface area (Å²) < 4.78 is 11.2. The minimum atomic E-state index is -0.368. The van der Waals surface area contributed by atoms with Gasteiger partial charge >= 0.3 is 5.97 Å². The van der Waals surface area contributed by atoms with Gasteiger partial charge in [0.15, 0.2) is 5.76 Å².